The molecule has 0 amide bonds. The lowest BCUT2D eigenvalue weighted by molar-refractivity contribution is 0.104. The molecule has 0 saturated carbocycles. The van der Waals surface area contributed by atoms with Crippen molar-refractivity contribution < 1.29 is 4.79 Å². The van der Waals surface area contributed by atoms with E-state index in [-0.39, 0.29) is 27.2 Å². The van der Waals surface area contributed by atoms with Gasteiger partial charge in [0.05, 0.1) is 15.6 Å². The molecule has 29 heavy (non-hydrogen) atoms. The lowest BCUT2D eigenvalue weighted by Crippen LogP contribution is -2.04. The standard InChI is InChI=1S/C21H21Cl2N3OS2/c1-12(2)9-10-28-14-6-3-5-13(11-14)25-21-26-20(24)19(29-21)18(27)17-15(22)7-4-8-16(17)23/h3-8,11-12H,9-10,24H2,1-2H3,(H,25,26). The highest BCUT2D eigenvalue weighted by Crippen LogP contribution is 2.34. The maximum atomic E-state index is 12.9. The number of anilines is 3. The summed E-state index contributed by atoms with van der Waals surface area (Å²) in [6, 6.07) is 13.0. The van der Waals surface area contributed by atoms with Gasteiger partial charge in [-0.3, -0.25) is 4.79 Å². The fourth-order valence-electron chi connectivity index (χ4n) is 2.58. The van der Waals surface area contributed by atoms with Crippen molar-refractivity contribution in [3.05, 3.63) is 63.0 Å². The zero-order chi connectivity index (χ0) is 21.0. The predicted molar refractivity (Wildman–Crippen MR) is 126 cm³/mol. The largest absolute Gasteiger partial charge is 0.382 e. The molecule has 0 radical (unpaired) electrons. The molecular weight excluding hydrogens is 445 g/mol. The smallest absolute Gasteiger partial charge is 0.209 e. The first kappa shape index (κ1) is 22.0. The van der Waals surface area contributed by atoms with Crippen molar-refractivity contribution >= 4 is 68.7 Å². The third-order valence-electron chi connectivity index (χ3n) is 4.10. The first-order valence-electron chi connectivity index (χ1n) is 9.10. The van der Waals surface area contributed by atoms with Crippen LogP contribution < -0.4 is 11.1 Å². The van der Waals surface area contributed by atoms with Gasteiger partial charge in [-0.2, -0.15) is 0 Å². The van der Waals surface area contributed by atoms with Gasteiger partial charge in [-0.15, -0.1) is 11.8 Å². The van der Waals surface area contributed by atoms with E-state index in [4.69, 9.17) is 28.9 Å². The molecule has 0 atom stereocenters. The SMILES string of the molecule is CC(C)CCSc1cccc(Nc2nc(N)c(C(=O)c3c(Cl)cccc3Cl)s2)c1. The molecule has 3 aromatic rings. The average molecular weight is 466 g/mol. The van der Waals surface area contributed by atoms with Crippen LogP contribution in [0, 0.1) is 5.92 Å². The van der Waals surface area contributed by atoms with E-state index in [9.17, 15) is 4.79 Å². The Bertz CT molecular complexity index is 1000. The molecule has 0 aliphatic rings. The fraction of sp³-hybridized carbons (Fsp3) is 0.238. The Morgan fingerprint density at radius 2 is 1.90 bits per heavy atom. The number of thioether (sulfide) groups is 1. The van der Waals surface area contributed by atoms with Crippen LogP contribution in [0.3, 0.4) is 0 Å². The Balaban J connectivity index is 1.77. The van der Waals surface area contributed by atoms with Gasteiger partial charge < -0.3 is 11.1 Å². The van der Waals surface area contributed by atoms with Crippen LogP contribution in [0.5, 0.6) is 0 Å². The number of carbonyl (C=O) groups is 1. The van der Waals surface area contributed by atoms with E-state index in [2.05, 4.69) is 36.3 Å². The Hall–Kier alpha value is -1.73. The van der Waals surface area contributed by atoms with Gasteiger partial charge in [0.1, 0.15) is 10.7 Å². The highest BCUT2D eigenvalue weighted by Gasteiger charge is 2.22. The third-order valence-corrected chi connectivity index (χ3v) is 6.74. The molecule has 0 saturated heterocycles. The Morgan fingerprint density at radius 1 is 1.21 bits per heavy atom. The molecule has 0 bridgehead atoms. The average Bonchev–Trinajstić information content (AvgIpc) is 3.01. The van der Waals surface area contributed by atoms with Gasteiger partial charge in [-0.25, -0.2) is 4.98 Å². The summed E-state index contributed by atoms with van der Waals surface area (Å²) in [4.78, 5) is 18.7. The quantitative estimate of drug-likeness (QED) is 0.273. The van der Waals surface area contributed by atoms with Gasteiger partial charge in [0.2, 0.25) is 5.78 Å². The van der Waals surface area contributed by atoms with Crippen LogP contribution in [-0.4, -0.2) is 16.5 Å². The molecule has 0 aliphatic heterocycles. The highest BCUT2D eigenvalue weighted by atomic mass is 35.5. The van der Waals surface area contributed by atoms with E-state index in [0.29, 0.717) is 15.9 Å². The van der Waals surface area contributed by atoms with Crippen molar-refractivity contribution in [2.45, 2.75) is 25.2 Å². The number of hydrogen-bond acceptors (Lipinski definition) is 6. The first-order chi connectivity index (χ1) is 13.8. The molecule has 1 aromatic heterocycles. The minimum atomic E-state index is -0.332. The van der Waals surface area contributed by atoms with E-state index in [0.717, 1.165) is 11.4 Å². The summed E-state index contributed by atoms with van der Waals surface area (Å²) < 4.78 is 0. The Kier molecular flexibility index (Phi) is 7.46. The van der Waals surface area contributed by atoms with Crippen LogP contribution in [0.25, 0.3) is 0 Å². The van der Waals surface area contributed by atoms with E-state index in [1.165, 1.54) is 22.7 Å². The molecule has 1 heterocycles. The normalized spacial score (nSPS) is 11.1. The number of thiazole rings is 1. The molecule has 0 aliphatic carbocycles. The monoisotopic (exact) mass is 465 g/mol. The summed E-state index contributed by atoms with van der Waals surface area (Å²) in [6.07, 6.45) is 1.17. The number of rotatable bonds is 8. The molecule has 0 fully saturated rings. The second-order valence-electron chi connectivity index (χ2n) is 6.84. The number of nitrogens with two attached hydrogens (primary N) is 1. The molecule has 0 unspecified atom stereocenters. The van der Waals surface area contributed by atoms with Gasteiger partial charge in [-0.1, -0.05) is 60.5 Å². The number of nitrogen functional groups attached to an aromatic ring is 1. The summed E-state index contributed by atoms with van der Waals surface area (Å²) >= 11 is 15.3. The van der Waals surface area contributed by atoms with Crippen LogP contribution in [0.4, 0.5) is 16.6 Å². The molecule has 3 rings (SSSR count). The van der Waals surface area contributed by atoms with Crippen LogP contribution >= 0.6 is 46.3 Å². The van der Waals surface area contributed by atoms with Crippen molar-refractivity contribution in [3.8, 4) is 0 Å². The van der Waals surface area contributed by atoms with Crippen molar-refractivity contribution in [2.75, 3.05) is 16.8 Å². The zero-order valence-electron chi connectivity index (χ0n) is 16.0. The first-order valence-corrected chi connectivity index (χ1v) is 11.7. The number of nitrogens with one attached hydrogen (secondary N) is 1. The maximum absolute atomic E-state index is 12.9. The molecule has 152 valence electrons. The lowest BCUT2D eigenvalue weighted by Gasteiger charge is -2.07. The molecule has 4 nitrogen and oxygen atoms in total. The zero-order valence-corrected chi connectivity index (χ0v) is 19.2. The molecule has 0 spiro atoms. The second-order valence-corrected chi connectivity index (χ2v) is 9.82. The molecule has 2 aromatic carbocycles. The van der Waals surface area contributed by atoms with Crippen molar-refractivity contribution in [3.63, 3.8) is 0 Å². The summed E-state index contributed by atoms with van der Waals surface area (Å²) in [5, 5.41) is 4.35. The molecule has 3 N–H and O–H groups in total. The van der Waals surface area contributed by atoms with Crippen LogP contribution in [0.15, 0.2) is 47.4 Å². The van der Waals surface area contributed by atoms with Crippen LogP contribution in [0.1, 0.15) is 35.5 Å². The second kappa shape index (κ2) is 9.85. The number of benzene rings is 2. The summed E-state index contributed by atoms with van der Waals surface area (Å²) in [5.74, 6) is 1.58. The van der Waals surface area contributed by atoms with E-state index in [1.807, 2.05) is 23.9 Å². The van der Waals surface area contributed by atoms with E-state index in [1.54, 1.807) is 18.2 Å². The lowest BCUT2D eigenvalue weighted by atomic mass is 10.1. The third kappa shape index (κ3) is 5.66. The number of carbonyl (C=O) groups excluding carboxylic acids is 1. The van der Waals surface area contributed by atoms with Gasteiger partial charge in [0.15, 0.2) is 5.13 Å². The van der Waals surface area contributed by atoms with Gasteiger partial charge in [-0.05, 0) is 48.4 Å². The van der Waals surface area contributed by atoms with Gasteiger partial charge in [0, 0.05) is 10.6 Å². The summed E-state index contributed by atoms with van der Waals surface area (Å²) in [6.45, 7) is 4.44. The number of hydrogen-bond donors (Lipinski definition) is 2. The Labute approximate surface area is 188 Å². The predicted octanol–water partition coefficient (Wildman–Crippen LogP) is 7.14. The van der Waals surface area contributed by atoms with Crippen LogP contribution in [0.2, 0.25) is 10.0 Å². The van der Waals surface area contributed by atoms with E-state index >= 15 is 0 Å². The minimum absolute atomic E-state index is 0.154. The van der Waals surface area contributed by atoms with Gasteiger partial charge >= 0.3 is 0 Å². The number of aromatic nitrogens is 1. The topological polar surface area (TPSA) is 68.0 Å². The number of nitrogens with zero attached hydrogens (tertiary/aromatic N) is 1. The van der Waals surface area contributed by atoms with Crippen molar-refractivity contribution in [1.82, 2.24) is 4.98 Å². The minimum Gasteiger partial charge on any atom is -0.382 e. The van der Waals surface area contributed by atoms with Crippen LogP contribution in [-0.2, 0) is 0 Å². The summed E-state index contributed by atoms with van der Waals surface area (Å²) in [7, 11) is 0. The van der Waals surface area contributed by atoms with Gasteiger partial charge in [0.25, 0.3) is 0 Å². The maximum Gasteiger partial charge on any atom is 0.209 e. The highest BCUT2D eigenvalue weighted by molar-refractivity contribution is 7.99. The summed E-state index contributed by atoms with van der Waals surface area (Å²) in [5.41, 5.74) is 7.13. The van der Waals surface area contributed by atoms with Crippen molar-refractivity contribution in [2.24, 2.45) is 5.92 Å². The molecule has 8 heteroatoms. The van der Waals surface area contributed by atoms with E-state index < -0.39 is 0 Å². The van der Waals surface area contributed by atoms with Crippen molar-refractivity contribution in [1.29, 1.82) is 0 Å². The number of ketones is 1. The fourth-order valence-corrected chi connectivity index (χ4v) is 5.21. The number of halogens is 2. The molecular formula is C21H21Cl2N3OS2. The Morgan fingerprint density at radius 3 is 2.59 bits per heavy atom.